The fourth-order valence-electron chi connectivity index (χ4n) is 1.52. The summed E-state index contributed by atoms with van der Waals surface area (Å²) in [4.78, 5) is 0. The first-order valence-electron chi connectivity index (χ1n) is 5.85. The van der Waals surface area contributed by atoms with E-state index >= 15 is 0 Å². The third-order valence-corrected chi connectivity index (χ3v) is 2.49. The van der Waals surface area contributed by atoms with Crippen LogP contribution in [0.25, 0.3) is 0 Å². The minimum Gasteiger partial charge on any atom is -0.490 e. The fraction of sp³-hybridized carbons (Fsp3) is 0.538. The van der Waals surface area contributed by atoms with Crippen molar-refractivity contribution in [3.05, 3.63) is 22.7 Å². The predicted octanol–water partition coefficient (Wildman–Crippen LogP) is 3.25. The van der Waals surface area contributed by atoms with Gasteiger partial charge in [0.05, 0.1) is 12.7 Å². The van der Waals surface area contributed by atoms with E-state index in [4.69, 9.17) is 21.1 Å². The molecule has 0 radical (unpaired) electrons. The maximum Gasteiger partial charge on any atom is 0.163 e. The van der Waals surface area contributed by atoms with Crippen LogP contribution >= 0.6 is 11.6 Å². The summed E-state index contributed by atoms with van der Waals surface area (Å²) in [6.45, 7) is 7.22. The maximum absolute atomic E-state index is 6.19. The lowest BCUT2D eigenvalue weighted by atomic mass is 10.2. The Morgan fingerprint density at radius 1 is 1.29 bits per heavy atom. The molecule has 4 heteroatoms. The van der Waals surface area contributed by atoms with Crippen LogP contribution in [0.5, 0.6) is 11.5 Å². The maximum atomic E-state index is 6.19. The minimum absolute atomic E-state index is 0.0976. The van der Waals surface area contributed by atoms with Crippen molar-refractivity contribution in [3.63, 3.8) is 0 Å². The summed E-state index contributed by atoms with van der Waals surface area (Å²) in [6.07, 6.45) is 0.0976. The quantitative estimate of drug-likeness (QED) is 0.849. The topological polar surface area (TPSA) is 30.5 Å². The lowest BCUT2D eigenvalue weighted by Crippen LogP contribution is -2.10. The Hall–Kier alpha value is -0.930. The second-order valence-electron chi connectivity index (χ2n) is 4.02. The van der Waals surface area contributed by atoms with E-state index in [0.29, 0.717) is 23.9 Å². The van der Waals surface area contributed by atoms with E-state index in [9.17, 15) is 0 Å². The Morgan fingerprint density at radius 3 is 2.53 bits per heavy atom. The van der Waals surface area contributed by atoms with Crippen LogP contribution in [0.4, 0.5) is 0 Å². The van der Waals surface area contributed by atoms with Crippen molar-refractivity contribution in [2.75, 3.05) is 13.7 Å². The molecule has 0 spiro atoms. The van der Waals surface area contributed by atoms with E-state index in [-0.39, 0.29) is 6.10 Å². The van der Waals surface area contributed by atoms with Crippen LogP contribution in [-0.2, 0) is 6.54 Å². The molecule has 1 aromatic rings. The number of halogens is 1. The molecule has 0 bridgehead atoms. The Labute approximate surface area is 108 Å². The predicted molar refractivity (Wildman–Crippen MR) is 71.1 cm³/mol. The van der Waals surface area contributed by atoms with Crippen LogP contribution in [0.3, 0.4) is 0 Å². The van der Waals surface area contributed by atoms with Gasteiger partial charge >= 0.3 is 0 Å². The highest BCUT2D eigenvalue weighted by Crippen LogP contribution is 2.34. The van der Waals surface area contributed by atoms with E-state index in [1.54, 1.807) is 0 Å². The summed E-state index contributed by atoms with van der Waals surface area (Å²) in [6, 6.07) is 3.75. The Bertz CT molecular complexity index is 367. The van der Waals surface area contributed by atoms with E-state index in [1.807, 2.05) is 40.0 Å². The standard InChI is InChI=1S/C13H20ClNO2/c1-5-16-12-6-10(8-15-4)11(14)7-13(12)17-9(2)3/h6-7,9,15H,5,8H2,1-4H3. The third kappa shape index (κ3) is 4.10. The molecule has 0 aliphatic rings. The van der Waals surface area contributed by atoms with Gasteiger partial charge in [0.2, 0.25) is 0 Å². The molecule has 3 nitrogen and oxygen atoms in total. The van der Waals surface area contributed by atoms with E-state index < -0.39 is 0 Å². The molecular weight excluding hydrogens is 238 g/mol. The fourth-order valence-corrected chi connectivity index (χ4v) is 1.74. The van der Waals surface area contributed by atoms with Crippen molar-refractivity contribution >= 4 is 11.6 Å². The second kappa shape index (κ2) is 6.72. The molecule has 0 fully saturated rings. The number of nitrogens with one attached hydrogen (secondary N) is 1. The average Bonchev–Trinajstić information content (AvgIpc) is 2.24. The smallest absolute Gasteiger partial charge is 0.163 e. The molecule has 1 rings (SSSR count). The van der Waals surface area contributed by atoms with Gasteiger partial charge < -0.3 is 14.8 Å². The van der Waals surface area contributed by atoms with Gasteiger partial charge in [-0.15, -0.1) is 0 Å². The van der Waals surface area contributed by atoms with E-state index in [0.717, 1.165) is 11.3 Å². The molecule has 96 valence electrons. The molecule has 0 aliphatic heterocycles. The Balaban J connectivity index is 3.06. The molecule has 0 aromatic heterocycles. The van der Waals surface area contributed by atoms with Crippen molar-refractivity contribution in [2.24, 2.45) is 0 Å². The van der Waals surface area contributed by atoms with Crippen molar-refractivity contribution < 1.29 is 9.47 Å². The van der Waals surface area contributed by atoms with Crippen molar-refractivity contribution in [1.29, 1.82) is 0 Å². The summed E-state index contributed by atoms with van der Waals surface area (Å²) in [7, 11) is 1.88. The first-order valence-corrected chi connectivity index (χ1v) is 6.22. The summed E-state index contributed by atoms with van der Waals surface area (Å²) in [5, 5.41) is 3.77. The zero-order chi connectivity index (χ0) is 12.8. The molecule has 0 aliphatic carbocycles. The molecule has 0 unspecified atom stereocenters. The Kier molecular flexibility index (Phi) is 5.59. The number of rotatable bonds is 6. The van der Waals surface area contributed by atoms with Gasteiger partial charge in [-0.3, -0.25) is 0 Å². The van der Waals surface area contributed by atoms with Crippen LogP contribution < -0.4 is 14.8 Å². The van der Waals surface area contributed by atoms with Crippen molar-refractivity contribution in [3.8, 4) is 11.5 Å². The lowest BCUT2D eigenvalue weighted by Gasteiger charge is -2.16. The number of hydrogen-bond acceptors (Lipinski definition) is 3. The highest BCUT2D eigenvalue weighted by molar-refractivity contribution is 6.31. The number of ether oxygens (including phenoxy) is 2. The average molecular weight is 258 g/mol. The minimum atomic E-state index is 0.0976. The zero-order valence-electron chi connectivity index (χ0n) is 10.8. The zero-order valence-corrected chi connectivity index (χ0v) is 11.6. The van der Waals surface area contributed by atoms with Crippen molar-refractivity contribution in [1.82, 2.24) is 5.32 Å². The Morgan fingerprint density at radius 2 is 2.00 bits per heavy atom. The van der Waals surface area contributed by atoms with Gasteiger partial charge in [-0.05, 0) is 39.4 Å². The van der Waals surface area contributed by atoms with E-state index in [2.05, 4.69) is 5.32 Å². The van der Waals surface area contributed by atoms with Gasteiger partial charge in [0.15, 0.2) is 11.5 Å². The van der Waals surface area contributed by atoms with E-state index in [1.165, 1.54) is 0 Å². The summed E-state index contributed by atoms with van der Waals surface area (Å²) >= 11 is 6.19. The molecule has 0 amide bonds. The van der Waals surface area contributed by atoms with Gasteiger partial charge in [-0.2, -0.15) is 0 Å². The number of hydrogen-bond donors (Lipinski definition) is 1. The first-order chi connectivity index (χ1) is 8.08. The molecule has 0 saturated heterocycles. The highest BCUT2D eigenvalue weighted by Gasteiger charge is 2.11. The SMILES string of the molecule is CCOc1cc(CNC)c(Cl)cc1OC(C)C. The molecule has 0 saturated carbocycles. The van der Waals surface area contributed by atoms with Crippen LogP contribution in [0.15, 0.2) is 12.1 Å². The molecule has 1 N–H and O–H groups in total. The molecular formula is C13H20ClNO2. The molecule has 17 heavy (non-hydrogen) atoms. The van der Waals surface area contributed by atoms with Gasteiger partial charge in [0, 0.05) is 17.6 Å². The highest BCUT2D eigenvalue weighted by atomic mass is 35.5. The monoisotopic (exact) mass is 257 g/mol. The lowest BCUT2D eigenvalue weighted by molar-refractivity contribution is 0.223. The van der Waals surface area contributed by atoms with Gasteiger partial charge in [0.25, 0.3) is 0 Å². The van der Waals surface area contributed by atoms with Gasteiger partial charge in [0.1, 0.15) is 0 Å². The molecule has 0 atom stereocenters. The van der Waals surface area contributed by atoms with Crippen LogP contribution in [-0.4, -0.2) is 19.8 Å². The first kappa shape index (κ1) is 14.1. The summed E-state index contributed by atoms with van der Waals surface area (Å²) in [5.74, 6) is 1.45. The number of benzene rings is 1. The summed E-state index contributed by atoms with van der Waals surface area (Å²) in [5.41, 5.74) is 1.01. The molecule has 0 heterocycles. The van der Waals surface area contributed by atoms with Crippen LogP contribution in [0, 0.1) is 0 Å². The van der Waals surface area contributed by atoms with Gasteiger partial charge in [-0.1, -0.05) is 11.6 Å². The van der Waals surface area contributed by atoms with Crippen molar-refractivity contribution in [2.45, 2.75) is 33.4 Å². The van der Waals surface area contributed by atoms with Crippen LogP contribution in [0.1, 0.15) is 26.3 Å². The van der Waals surface area contributed by atoms with Gasteiger partial charge in [-0.25, -0.2) is 0 Å². The molecule has 1 aromatic carbocycles. The normalized spacial score (nSPS) is 10.7. The largest absolute Gasteiger partial charge is 0.490 e. The summed E-state index contributed by atoms with van der Waals surface area (Å²) < 4.78 is 11.3. The van der Waals surface area contributed by atoms with Crippen LogP contribution in [0.2, 0.25) is 5.02 Å². The second-order valence-corrected chi connectivity index (χ2v) is 4.43. The third-order valence-electron chi connectivity index (χ3n) is 2.14.